The molecule has 2 saturated carbocycles. The van der Waals surface area contributed by atoms with E-state index in [4.69, 9.17) is 5.26 Å². The molecule has 3 nitrogen and oxygen atoms in total. The molecule has 1 aromatic carbocycles. The van der Waals surface area contributed by atoms with Gasteiger partial charge in [-0.3, -0.25) is 4.79 Å². The first-order valence-electron chi connectivity index (χ1n) is 7.15. The van der Waals surface area contributed by atoms with Crippen molar-refractivity contribution in [2.45, 2.75) is 32.1 Å². The molecule has 20 heavy (non-hydrogen) atoms. The molecule has 0 spiro atoms. The van der Waals surface area contributed by atoms with E-state index in [-0.39, 0.29) is 17.2 Å². The number of carbonyl (C=O) groups excluding carboxylic acids is 1. The molecule has 2 fully saturated rings. The number of fused-ring (bicyclic) bond motifs is 2. The Kier molecular flexibility index (Phi) is 3.43. The van der Waals surface area contributed by atoms with Crippen molar-refractivity contribution in [3.05, 3.63) is 29.6 Å². The van der Waals surface area contributed by atoms with Crippen LogP contribution in [0.4, 0.5) is 10.1 Å². The number of nitrogens with zero attached hydrogens (tertiary/aromatic N) is 1. The predicted octanol–water partition coefficient (Wildman–Crippen LogP) is 3.46. The molecule has 2 aliphatic carbocycles. The lowest BCUT2D eigenvalue weighted by Gasteiger charge is -2.20. The summed E-state index contributed by atoms with van der Waals surface area (Å²) in [6.45, 7) is 0. The molecular formula is C16H17FN2O. The lowest BCUT2D eigenvalue weighted by Crippen LogP contribution is -2.20. The Balaban J connectivity index is 1.60. The van der Waals surface area contributed by atoms with E-state index in [0.29, 0.717) is 18.3 Å². The third kappa shape index (κ3) is 2.53. The molecule has 3 rings (SSSR count). The Bertz CT molecular complexity index is 578. The lowest BCUT2D eigenvalue weighted by atomic mass is 9.86. The van der Waals surface area contributed by atoms with E-state index >= 15 is 0 Å². The number of hydrogen-bond acceptors (Lipinski definition) is 2. The molecule has 1 N–H and O–H groups in total. The van der Waals surface area contributed by atoms with Crippen LogP contribution in [-0.2, 0) is 4.79 Å². The van der Waals surface area contributed by atoms with E-state index in [9.17, 15) is 9.18 Å². The minimum Gasteiger partial charge on any atom is -0.324 e. The van der Waals surface area contributed by atoms with Gasteiger partial charge >= 0.3 is 0 Å². The molecule has 2 bridgehead atoms. The normalized spacial score (nSPS) is 27.3. The second-order valence-corrected chi connectivity index (χ2v) is 5.99. The summed E-state index contributed by atoms with van der Waals surface area (Å²) in [6, 6.07) is 5.98. The molecule has 0 radical (unpaired) electrons. The number of nitrogens with one attached hydrogen (secondary N) is 1. The predicted molar refractivity (Wildman–Crippen MR) is 73.3 cm³/mol. The number of rotatable bonds is 3. The topological polar surface area (TPSA) is 52.9 Å². The fourth-order valence-corrected chi connectivity index (χ4v) is 3.75. The third-order valence-electron chi connectivity index (χ3n) is 4.70. The Morgan fingerprint density at radius 3 is 2.85 bits per heavy atom. The average Bonchev–Trinajstić information content (AvgIpc) is 3.03. The van der Waals surface area contributed by atoms with Crippen LogP contribution >= 0.6 is 0 Å². The Morgan fingerprint density at radius 2 is 2.25 bits per heavy atom. The second-order valence-electron chi connectivity index (χ2n) is 5.99. The van der Waals surface area contributed by atoms with E-state index < -0.39 is 5.82 Å². The van der Waals surface area contributed by atoms with Crippen LogP contribution < -0.4 is 5.32 Å². The highest BCUT2D eigenvalue weighted by Crippen LogP contribution is 2.49. The number of anilines is 1. The van der Waals surface area contributed by atoms with Crippen LogP contribution in [0.3, 0.4) is 0 Å². The van der Waals surface area contributed by atoms with Crippen LogP contribution in [-0.4, -0.2) is 5.91 Å². The summed E-state index contributed by atoms with van der Waals surface area (Å²) >= 11 is 0. The molecule has 1 aromatic rings. The zero-order valence-corrected chi connectivity index (χ0v) is 11.2. The summed E-state index contributed by atoms with van der Waals surface area (Å²) in [6.07, 6.45) is 5.46. The van der Waals surface area contributed by atoms with E-state index in [1.165, 1.54) is 31.4 Å². The Morgan fingerprint density at radius 1 is 1.40 bits per heavy atom. The van der Waals surface area contributed by atoms with Gasteiger partial charge in [0.15, 0.2) is 0 Å². The Hall–Kier alpha value is -1.89. The van der Waals surface area contributed by atoms with Crippen molar-refractivity contribution in [2.75, 3.05) is 5.32 Å². The second kappa shape index (κ2) is 5.24. The van der Waals surface area contributed by atoms with Crippen molar-refractivity contribution in [1.82, 2.24) is 0 Å². The number of amides is 1. The van der Waals surface area contributed by atoms with Gasteiger partial charge in [0.1, 0.15) is 5.82 Å². The van der Waals surface area contributed by atoms with Crippen LogP contribution in [0, 0.1) is 34.9 Å². The van der Waals surface area contributed by atoms with E-state index in [2.05, 4.69) is 5.32 Å². The van der Waals surface area contributed by atoms with Gasteiger partial charge in [0.25, 0.3) is 0 Å². The number of halogens is 1. The molecule has 4 heteroatoms. The molecule has 0 saturated heterocycles. The molecule has 0 aromatic heterocycles. The first-order valence-corrected chi connectivity index (χ1v) is 7.15. The minimum atomic E-state index is -0.551. The number of benzene rings is 1. The van der Waals surface area contributed by atoms with Gasteiger partial charge in [0.2, 0.25) is 5.91 Å². The molecule has 3 atom stereocenters. The van der Waals surface area contributed by atoms with Crippen molar-refractivity contribution < 1.29 is 9.18 Å². The van der Waals surface area contributed by atoms with E-state index in [1.807, 2.05) is 6.07 Å². The fraction of sp³-hybridized carbons (Fsp3) is 0.500. The van der Waals surface area contributed by atoms with E-state index in [0.717, 1.165) is 18.4 Å². The van der Waals surface area contributed by atoms with Crippen LogP contribution in [0.2, 0.25) is 0 Å². The first-order chi connectivity index (χ1) is 9.65. The maximum absolute atomic E-state index is 13.7. The highest BCUT2D eigenvalue weighted by Gasteiger charge is 2.40. The lowest BCUT2D eigenvalue weighted by molar-refractivity contribution is -0.117. The average molecular weight is 272 g/mol. The van der Waals surface area contributed by atoms with Gasteiger partial charge < -0.3 is 5.32 Å². The molecule has 104 valence electrons. The van der Waals surface area contributed by atoms with Gasteiger partial charge in [-0.15, -0.1) is 0 Å². The Labute approximate surface area is 117 Å². The van der Waals surface area contributed by atoms with Gasteiger partial charge in [-0.1, -0.05) is 6.42 Å². The van der Waals surface area contributed by atoms with Gasteiger partial charge in [0.05, 0.1) is 17.3 Å². The molecule has 3 unspecified atom stereocenters. The zero-order valence-electron chi connectivity index (χ0n) is 11.2. The zero-order chi connectivity index (χ0) is 14.1. The first kappa shape index (κ1) is 13.1. The van der Waals surface area contributed by atoms with Crippen molar-refractivity contribution in [2.24, 2.45) is 17.8 Å². The van der Waals surface area contributed by atoms with Crippen LogP contribution in [0.25, 0.3) is 0 Å². The highest BCUT2D eigenvalue weighted by molar-refractivity contribution is 5.91. The number of carbonyl (C=O) groups is 1. The summed E-state index contributed by atoms with van der Waals surface area (Å²) in [7, 11) is 0. The van der Waals surface area contributed by atoms with Crippen molar-refractivity contribution in [3.8, 4) is 6.07 Å². The number of nitriles is 1. The third-order valence-corrected chi connectivity index (χ3v) is 4.70. The quantitative estimate of drug-likeness (QED) is 0.916. The summed E-state index contributed by atoms with van der Waals surface area (Å²) in [5.74, 6) is 1.30. The fourth-order valence-electron chi connectivity index (χ4n) is 3.75. The highest BCUT2D eigenvalue weighted by atomic mass is 19.1. The van der Waals surface area contributed by atoms with Crippen LogP contribution in [0.1, 0.15) is 37.7 Å². The molecular weight excluding hydrogens is 255 g/mol. The van der Waals surface area contributed by atoms with Gasteiger partial charge in [-0.25, -0.2) is 4.39 Å². The molecule has 2 aliphatic rings. The summed E-state index contributed by atoms with van der Waals surface area (Å²) in [5, 5.41) is 11.3. The van der Waals surface area contributed by atoms with Gasteiger partial charge in [-0.05, 0) is 55.2 Å². The SMILES string of the molecule is N#Cc1ccc(NC(=O)CC2CC3CCC2C3)c(F)c1. The minimum absolute atomic E-state index is 0.119. The van der Waals surface area contributed by atoms with Gasteiger partial charge in [0, 0.05) is 6.42 Å². The maximum Gasteiger partial charge on any atom is 0.224 e. The summed E-state index contributed by atoms with van der Waals surface area (Å²) in [5.41, 5.74) is 0.422. The molecule has 1 amide bonds. The van der Waals surface area contributed by atoms with Crippen molar-refractivity contribution >= 4 is 11.6 Å². The summed E-state index contributed by atoms with van der Waals surface area (Å²) in [4.78, 5) is 12.0. The largest absolute Gasteiger partial charge is 0.324 e. The molecule has 0 heterocycles. The number of hydrogen-bond donors (Lipinski definition) is 1. The molecule has 0 aliphatic heterocycles. The monoisotopic (exact) mass is 272 g/mol. The van der Waals surface area contributed by atoms with Crippen LogP contribution in [0.15, 0.2) is 18.2 Å². The summed E-state index contributed by atoms with van der Waals surface area (Å²) < 4.78 is 13.7. The smallest absolute Gasteiger partial charge is 0.224 e. The van der Waals surface area contributed by atoms with E-state index in [1.54, 1.807) is 0 Å². The van der Waals surface area contributed by atoms with Crippen molar-refractivity contribution in [1.29, 1.82) is 5.26 Å². The van der Waals surface area contributed by atoms with Gasteiger partial charge in [-0.2, -0.15) is 5.26 Å². The standard InChI is InChI=1S/C16H17FN2O/c17-14-7-11(9-18)2-4-15(14)19-16(20)8-13-6-10-1-3-12(13)5-10/h2,4,7,10,12-13H,1,3,5-6,8H2,(H,19,20). The maximum atomic E-state index is 13.7. The van der Waals surface area contributed by atoms with Crippen molar-refractivity contribution in [3.63, 3.8) is 0 Å². The van der Waals surface area contributed by atoms with Crippen LogP contribution in [0.5, 0.6) is 0 Å².